The summed E-state index contributed by atoms with van der Waals surface area (Å²) < 4.78 is 2.26. The van der Waals surface area contributed by atoms with Gasteiger partial charge in [0.15, 0.2) is 0 Å². The minimum Gasteiger partial charge on any atom is -0.312 e. The van der Waals surface area contributed by atoms with Gasteiger partial charge >= 0.3 is 0 Å². The number of rotatable bonds is 6. The van der Waals surface area contributed by atoms with Crippen LogP contribution in [0.4, 0.5) is 0 Å². The highest BCUT2D eigenvalue weighted by molar-refractivity contribution is 6.30. The van der Waals surface area contributed by atoms with Crippen LogP contribution in [-0.2, 0) is 32.4 Å². The molecule has 1 aliphatic rings. The van der Waals surface area contributed by atoms with E-state index in [2.05, 4.69) is 29.1 Å². The van der Waals surface area contributed by atoms with E-state index in [0.29, 0.717) is 0 Å². The second kappa shape index (κ2) is 7.30. The van der Waals surface area contributed by atoms with Crippen LogP contribution in [0.1, 0.15) is 42.3 Å². The Kier molecular flexibility index (Phi) is 5.16. The summed E-state index contributed by atoms with van der Waals surface area (Å²) in [5, 5.41) is 9.16. The largest absolute Gasteiger partial charge is 0.312 e. The SMILES string of the molecule is CCCc1nn(CCCc2ccc(Cl)cc2)c2c1CNCC2. The summed E-state index contributed by atoms with van der Waals surface area (Å²) in [4.78, 5) is 0. The fourth-order valence-electron chi connectivity index (χ4n) is 3.20. The monoisotopic (exact) mass is 317 g/mol. The lowest BCUT2D eigenvalue weighted by Gasteiger charge is -2.15. The maximum Gasteiger partial charge on any atom is 0.0672 e. The van der Waals surface area contributed by atoms with E-state index in [0.717, 1.165) is 56.8 Å². The molecule has 0 atom stereocenters. The molecule has 0 amide bonds. The van der Waals surface area contributed by atoms with E-state index in [-0.39, 0.29) is 0 Å². The highest BCUT2D eigenvalue weighted by atomic mass is 35.5. The Labute approximate surface area is 137 Å². The number of fused-ring (bicyclic) bond motifs is 1. The van der Waals surface area contributed by atoms with Crippen LogP contribution in [0.3, 0.4) is 0 Å². The standard InChI is InChI=1S/C18H24ClN3/c1-2-4-17-16-13-20-11-10-18(16)22(21-17)12-3-5-14-6-8-15(19)9-7-14/h6-9,20H,2-5,10-13H2,1H3. The normalized spacial score (nSPS) is 14.1. The van der Waals surface area contributed by atoms with Gasteiger partial charge in [-0.1, -0.05) is 37.1 Å². The van der Waals surface area contributed by atoms with Crippen LogP contribution in [0.25, 0.3) is 0 Å². The molecule has 1 aliphatic heterocycles. The van der Waals surface area contributed by atoms with Gasteiger partial charge in [-0.3, -0.25) is 4.68 Å². The summed E-state index contributed by atoms with van der Waals surface area (Å²) >= 11 is 5.93. The number of nitrogens with zero attached hydrogens (tertiary/aromatic N) is 2. The van der Waals surface area contributed by atoms with Crippen molar-refractivity contribution in [1.29, 1.82) is 0 Å². The first-order chi connectivity index (χ1) is 10.8. The zero-order valence-electron chi connectivity index (χ0n) is 13.2. The number of halogens is 1. The molecule has 3 rings (SSSR count). The molecule has 118 valence electrons. The zero-order valence-corrected chi connectivity index (χ0v) is 14.0. The molecule has 0 bridgehead atoms. The highest BCUT2D eigenvalue weighted by Gasteiger charge is 2.19. The van der Waals surface area contributed by atoms with E-state index in [1.807, 2.05) is 12.1 Å². The summed E-state index contributed by atoms with van der Waals surface area (Å²) in [5.41, 5.74) is 5.56. The number of hydrogen-bond acceptors (Lipinski definition) is 2. The Bertz CT molecular complexity index is 616. The Morgan fingerprint density at radius 3 is 2.82 bits per heavy atom. The Morgan fingerprint density at radius 1 is 1.23 bits per heavy atom. The molecule has 0 saturated heterocycles. The van der Waals surface area contributed by atoms with Crippen LogP contribution in [0.15, 0.2) is 24.3 Å². The molecule has 1 N–H and O–H groups in total. The van der Waals surface area contributed by atoms with Crippen LogP contribution in [0, 0.1) is 0 Å². The molecule has 3 nitrogen and oxygen atoms in total. The van der Waals surface area contributed by atoms with Gasteiger partial charge in [-0.05, 0) is 37.0 Å². The lowest BCUT2D eigenvalue weighted by atomic mass is 10.0. The summed E-state index contributed by atoms with van der Waals surface area (Å²) in [7, 11) is 0. The van der Waals surface area contributed by atoms with E-state index in [4.69, 9.17) is 16.7 Å². The van der Waals surface area contributed by atoms with Gasteiger partial charge in [-0.2, -0.15) is 5.10 Å². The fraction of sp³-hybridized carbons (Fsp3) is 0.500. The second-order valence-electron chi connectivity index (χ2n) is 6.00. The summed E-state index contributed by atoms with van der Waals surface area (Å²) in [5.74, 6) is 0. The van der Waals surface area contributed by atoms with Crippen molar-refractivity contribution in [3.05, 3.63) is 51.8 Å². The maximum atomic E-state index is 5.93. The second-order valence-corrected chi connectivity index (χ2v) is 6.44. The summed E-state index contributed by atoms with van der Waals surface area (Å²) in [6.45, 7) is 5.29. The third-order valence-electron chi connectivity index (χ3n) is 4.33. The predicted molar refractivity (Wildman–Crippen MR) is 91.4 cm³/mol. The predicted octanol–water partition coefficient (Wildman–Crippen LogP) is 3.77. The van der Waals surface area contributed by atoms with E-state index < -0.39 is 0 Å². The van der Waals surface area contributed by atoms with Crippen LogP contribution in [0.5, 0.6) is 0 Å². The van der Waals surface area contributed by atoms with Crippen molar-refractivity contribution >= 4 is 11.6 Å². The molecule has 0 unspecified atom stereocenters. The molecule has 0 saturated carbocycles. The molecule has 0 radical (unpaired) electrons. The Morgan fingerprint density at radius 2 is 2.05 bits per heavy atom. The average Bonchev–Trinajstić information content (AvgIpc) is 2.88. The minimum absolute atomic E-state index is 0.807. The van der Waals surface area contributed by atoms with Gasteiger partial charge in [-0.25, -0.2) is 0 Å². The van der Waals surface area contributed by atoms with E-state index >= 15 is 0 Å². The third-order valence-corrected chi connectivity index (χ3v) is 4.58. The smallest absolute Gasteiger partial charge is 0.0672 e. The summed E-state index contributed by atoms with van der Waals surface area (Å²) in [6.07, 6.45) is 5.55. The molecular weight excluding hydrogens is 294 g/mol. The van der Waals surface area contributed by atoms with E-state index in [9.17, 15) is 0 Å². The molecule has 22 heavy (non-hydrogen) atoms. The lowest BCUT2D eigenvalue weighted by molar-refractivity contribution is 0.529. The van der Waals surface area contributed by atoms with Gasteiger partial charge in [0.25, 0.3) is 0 Å². The maximum absolute atomic E-state index is 5.93. The van der Waals surface area contributed by atoms with Gasteiger partial charge in [0.05, 0.1) is 5.69 Å². The minimum atomic E-state index is 0.807. The number of nitrogens with one attached hydrogen (secondary N) is 1. The van der Waals surface area contributed by atoms with Crippen molar-refractivity contribution in [3.63, 3.8) is 0 Å². The Hall–Kier alpha value is -1.32. The average molecular weight is 318 g/mol. The van der Waals surface area contributed by atoms with Crippen molar-refractivity contribution in [3.8, 4) is 0 Å². The van der Waals surface area contributed by atoms with Gasteiger partial charge in [0, 0.05) is 42.3 Å². The van der Waals surface area contributed by atoms with Gasteiger partial charge in [0.1, 0.15) is 0 Å². The molecule has 2 heterocycles. The van der Waals surface area contributed by atoms with Crippen molar-refractivity contribution in [2.24, 2.45) is 0 Å². The molecule has 0 spiro atoms. The number of aryl methyl sites for hydroxylation is 3. The quantitative estimate of drug-likeness (QED) is 0.879. The third kappa shape index (κ3) is 3.53. The first kappa shape index (κ1) is 15.6. The van der Waals surface area contributed by atoms with Gasteiger partial charge < -0.3 is 5.32 Å². The van der Waals surface area contributed by atoms with Crippen LogP contribution < -0.4 is 5.32 Å². The van der Waals surface area contributed by atoms with Crippen molar-refractivity contribution in [2.45, 2.75) is 52.1 Å². The molecular formula is C18H24ClN3. The number of hydrogen-bond donors (Lipinski definition) is 1. The van der Waals surface area contributed by atoms with Crippen LogP contribution in [-0.4, -0.2) is 16.3 Å². The molecule has 0 aliphatic carbocycles. The van der Waals surface area contributed by atoms with Crippen molar-refractivity contribution in [1.82, 2.24) is 15.1 Å². The van der Waals surface area contributed by atoms with Crippen LogP contribution in [0.2, 0.25) is 5.02 Å². The van der Waals surface area contributed by atoms with E-state index in [1.54, 1.807) is 0 Å². The molecule has 0 fully saturated rings. The molecule has 1 aromatic heterocycles. The lowest BCUT2D eigenvalue weighted by Crippen LogP contribution is -2.25. The van der Waals surface area contributed by atoms with E-state index in [1.165, 1.54) is 22.5 Å². The fourth-order valence-corrected chi connectivity index (χ4v) is 3.33. The van der Waals surface area contributed by atoms with Gasteiger partial charge in [0.2, 0.25) is 0 Å². The van der Waals surface area contributed by atoms with Crippen molar-refractivity contribution < 1.29 is 0 Å². The number of aromatic nitrogens is 2. The van der Waals surface area contributed by atoms with Crippen molar-refractivity contribution in [2.75, 3.05) is 6.54 Å². The first-order valence-electron chi connectivity index (χ1n) is 8.30. The first-order valence-corrected chi connectivity index (χ1v) is 8.68. The zero-order chi connectivity index (χ0) is 15.4. The molecule has 1 aromatic carbocycles. The topological polar surface area (TPSA) is 29.9 Å². The molecule has 4 heteroatoms. The van der Waals surface area contributed by atoms with Gasteiger partial charge in [-0.15, -0.1) is 0 Å². The summed E-state index contributed by atoms with van der Waals surface area (Å²) in [6, 6.07) is 8.18. The van der Waals surface area contributed by atoms with Crippen LogP contribution >= 0.6 is 11.6 Å². The highest BCUT2D eigenvalue weighted by Crippen LogP contribution is 2.20. The number of benzene rings is 1. The Balaban J connectivity index is 1.65. The molecule has 2 aromatic rings.